The number of hydrogen-bond acceptors (Lipinski definition) is 3. The minimum atomic E-state index is -3.42. The minimum absolute atomic E-state index is 0.0919. The topological polar surface area (TPSA) is 64.0 Å². The van der Waals surface area contributed by atoms with Crippen LogP contribution in [0.3, 0.4) is 0 Å². The fourth-order valence-electron chi connectivity index (χ4n) is 1.55. The molecule has 0 radical (unpaired) electrons. The van der Waals surface area contributed by atoms with Crippen molar-refractivity contribution in [2.24, 2.45) is 0 Å². The quantitative estimate of drug-likeness (QED) is 0.916. The summed E-state index contributed by atoms with van der Waals surface area (Å²) in [5.74, 6) is 0.0919. The van der Waals surface area contributed by atoms with Crippen LogP contribution in [0.2, 0.25) is 15.1 Å². The molecule has 9 heteroatoms. The summed E-state index contributed by atoms with van der Waals surface area (Å²) >= 11 is 17.7. The number of nitrogens with one attached hydrogen (secondary N) is 1. The van der Waals surface area contributed by atoms with Crippen LogP contribution in [0.4, 0.5) is 5.82 Å². The van der Waals surface area contributed by atoms with Crippen LogP contribution in [0.1, 0.15) is 5.56 Å². The van der Waals surface area contributed by atoms with Gasteiger partial charge in [0.2, 0.25) is 10.0 Å². The number of hydrogen-bond donors (Lipinski definition) is 1. The zero-order valence-electron chi connectivity index (χ0n) is 10.3. The van der Waals surface area contributed by atoms with Crippen molar-refractivity contribution in [1.82, 2.24) is 9.78 Å². The molecule has 108 valence electrons. The summed E-state index contributed by atoms with van der Waals surface area (Å²) in [7, 11) is -3.42. The summed E-state index contributed by atoms with van der Waals surface area (Å²) in [5.41, 5.74) is 0.865. The summed E-state index contributed by atoms with van der Waals surface area (Å²) in [6.45, 7) is 0.391. The van der Waals surface area contributed by atoms with E-state index in [-0.39, 0.29) is 10.8 Å². The molecule has 1 N–H and O–H groups in total. The second-order valence-corrected chi connectivity index (χ2v) is 7.12. The molecule has 2 aromatic rings. The Morgan fingerprint density at radius 3 is 2.50 bits per heavy atom. The molecular formula is C11H10Cl3N3O2S. The number of aromatic nitrogens is 2. The van der Waals surface area contributed by atoms with Gasteiger partial charge in [0.1, 0.15) is 5.02 Å². The molecule has 0 fully saturated rings. The zero-order valence-corrected chi connectivity index (χ0v) is 13.4. The summed E-state index contributed by atoms with van der Waals surface area (Å²) in [6, 6.07) is 5.19. The first-order valence-corrected chi connectivity index (χ1v) is 8.42. The molecule has 0 saturated heterocycles. The molecule has 0 aliphatic rings. The molecule has 0 bridgehead atoms. The van der Waals surface area contributed by atoms with Gasteiger partial charge in [-0.3, -0.25) is 9.40 Å². The van der Waals surface area contributed by atoms with Crippen LogP contribution in [-0.4, -0.2) is 24.5 Å². The lowest BCUT2D eigenvalue weighted by Crippen LogP contribution is -2.11. The summed E-state index contributed by atoms with van der Waals surface area (Å²) in [6.07, 6.45) is 2.55. The van der Waals surface area contributed by atoms with E-state index < -0.39 is 10.0 Å². The Balaban J connectivity index is 2.22. The number of sulfonamides is 1. The number of halogens is 3. The maximum absolute atomic E-state index is 11.2. The first-order valence-electron chi connectivity index (χ1n) is 5.39. The Hall–Kier alpha value is -0.950. The first-order chi connectivity index (χ1) is 9.24. The van der Waals surface area contributed by atoms with E-state index in [0.717, 1.165) is 11.8 Å². The van der Waals surface area contributed by atoms with E-state index in [2.05, 4.69) is 9.82 Å². The number of anilines is 1. The summed E-state index contributed by atoms with van der Waals surface area (Å²) < 4.78 is 26.0. The fourth-order valence-corrected chi connectivity index (χ4v) is 2.62. The lowest BCUT2D eigenvalue weighted by Gasteiger charge is -2.04. The van der Waals surface area contributed by atoms with Crippen molar-refractivity contribution in [1.29, 1.82) is 0 Å². The van der Waals surface area contributed by atoms with E-state index in [1.165, 1.54) is 10.9 Å². The molecule has 0 spiro atoms. The standard InChI is InChI=1S/C11H10Cl3N3O2S/c1-20(18,19)16-11-10(14)6-17(15-11)5-7-2-3-8(12)9(13)4-7/h2-4,6H,5H2,1H3,(H,15,16). The smallest absolute Gasteiger partial charge is 0.231 e. The van der Waals surface area contributed by atoms with Crippen LogP contribution in [0.25, 0.3) is 0 Å². The van der Waals surface area contributed by atoms with Gasteiger partial charge in [0.05, 0.1) is 22.8 Å². The number of rotatable bonds is 4. The molecule has 0 atom stereocenters. The Labute approximate surface area is 131 Å². The van der Waals surface area contributed by atoms with Crippen LogP contribution < -0.4 is 4.72 Å². The van der Waals surface area contributed by atoms with Crippen molar-refractivity contribution in [3.8, 4) is 0 Å². The van der Waals surface area contributed by atoms with Crippen molar-refractivity contribution < 1.29 is 8.42 Å². The van der Waals surface area contributed by atoms with Crippen molar-refractivity contribution in [2.45, 2.75) is 6.54 Å². The van der Waals surface area contributed by atoms with Gasteiger partial charge in [-0.25, -0.2) is 8.42 Å². The van der Waals surface area contributed by atoms with Crippen molar-refractivity contribution >= 4 is 50.6 Å². The Morgan fingerprint density at radius 1 is 1.20 bits per heavy atom. The van der Waals surface area contributed by atoms with Crippen LogP contribution in [0, 0.1) is 0 Å². The molecule has 0 amide bonds. The number of benzene rings is 1. The van der Waals surface area contributed by atoms with Gasteiger partial charge in [0.15, 0.2) is 5.82 Å². The second kappa shape index (κ2) is 5.81. The van der Waals surface area contributed by atoms with Gasteiger partial charge in [-0.05, 0) is 17.7 Å². The van der Waals surface area contributed by atoms with Gasteiger partial charge in [0, 0.05) is 6.20 Å². The zero-order chi connectivity index (χ0) is 14.9. The highest BCUT2D eigenvalue weighted by molar-refractivity contribution is 7.92. The largest absolute Gasteiger partial charge is 0.265 e. The average molecular weight is 355 g/mol. The van der Waals surface area contributed by atoms with Gasteiger partial charge < -0.3 is 0 Å². The third-order valence-corrected chi connectivity index (χ3v) is 3.91. The first kappa shape index (κ1) is 15.4. The van der Waals surface area contributed by atoms with Crippen molar-refractivity contribution in [2.75, 3.05) is 11.0 Å². The van der Waals surface area contributed by atoms with Gasteiger partial charge in [0.25, 0.3) is 0 Å². The fraction of sp³-hybridized carbons (Fsp3) is 0.182. The lowest BCUT2D eigenvalue weighted by atomic mass is 10.2. The van der Waals surface area contributed by atoms with Crippen LogP contribution in [0.5, 0.6) is 0 Å². The van der Waals surface area contributed by atoms with Gasteiger partial charge in [-0.1, -0.05) is 40.9 Å². The predicted molar refractivity (Wildman–Crippen MR) is 81.3 cm³/mol. The Kier molecular flexibility index (Phi) is 4.49. The van der Waals surface area contributed by atoms with Gasteiger partial charge >= 0.3 is 0 Å². The maximum atomic E-state index is 11.2. The van der Waals surface area contributed by atoms with Crippen LogP contribution in [0.15, 0.2) is 24.4 Å². The lowest BCUT2D eigenvalue weighted by molar-refractivity contribution is 0.606. The van der Waals surface area contributed by atoms with E-state index in [9.17, 15) is 8.42 Å². The highest BCUT2D eigenvalue weighted by atomic mass is 35.5. The molecule has 1 aromatic heterocycles. The molecule has 0 aliphatic heterocycles. The molecule has 2 rings (SSSR count). The summed E-state index contributed by atoms with van der Waals surface area (Å²) in [5, 5.41) is 5.19. The molecule has 5 nitrogen and oxygen atoms in total. The Morgan fingerprint density at radius 2 is 1.90 bits per heavy atom. The van der Waals surface area contributed by atoms with Gasteiger partial charge in [-0.2, -0.15) is 5.10 Å². The minimum Gasteiger partial charge on any atom is -0.265 e. The molecule has 0 aliphatic carbocycles. The summed E-state index contributed by atoms with van der Waals surface area (Å²) in [4.78, 5) is 0. The molecular weight excluding hydrogens is 345 g/mol. The third-order valence-electron chi connectivity index (χ3n) is 2.33. The molecule has 1 heterocycles. The molecule has 0 unspecified atom stereocenters. The molecule has 20 heavy (non-hydrogen) atoms. The normalized spacial score (nSPS) is 11.6. The van der Waals surface area contributed by atoms with E-state index in [1.54, 1.807) is 18.2 Å². The predicted octanol–water partition coefficient (Wildman–Crippen LogP) is 3.26. The van der Waals surface area contributed by atoms with E-state index >= 15 is 0 Å². The SMILES string of the molecule is CS(=O)(=O)Nc1nn(Cc2ccc(Cl)c(Cl)c2)cc1Cl. The maximum Gasteiger partial charge on any atom is 0.231 e. The van der Waals surface area contributed by atoms with Gasteiger partial charge in [-0.15, -0.1) is 0 Å². The average Bonchev–Trinajstić information content (AvgIpc) is 2.62. The van der Waals surface area contributed by atoms with Crippen LogP contribution >= 0.6 is 34.8 Å². The van der Waals surface area contributed by atoms with E-state index in [0.29, 0.717) is 16.6 Å². The number of nitrogens with zero attached hydrogens (tertiary/aromatic N) is 2. The third kappa shape index (κ3) is 4.02. The highest BCUT2D eigenvalue weighted by Gasteiger charge is 2.11. The highest BCUT2D eigenvalue weighted by Crippen LogP contribution is 2.24. The van der Waals surface area contributed by atoms with E-state index in [1.807, 2.05) is 0 Å². The second-order valence-electron chi connectivity index (χ2n) is 4.15. The Bertz CT molecular complexity index is 743. The molecule has 0 saturated carbocycles. The monoisotopic (exact) mass is 353 g/mol. The van der Waals surface area contributed by atoms with Crippen LogP contribution in [-0.2, 0) is 16.6 Å². The van der Waals surface area contributed by atoms with Crippen molar-refractivity contribution in [3.05, 3.63) is 45.0 Å². The molecule has 1 aromatic carbocycles. The van der Waals surface area contributed by atoms with E-state index in [4.69, 9.17) is 34.8 Å². The van der Waals surface area contributed by atoms with Crippen molar-refractivity contribution in [3.63, 3.8) is 0 Å².